The average molecular weight is 388 g/mol. The predicted octanol–water partition coefficient (Wildman–Crippen LogP) is 6.93. The van der Waals surface area contributed by atoms with Gasteiger partial charge in [0.1, 0.15) is 0 Å². The molecule has 0 radical (unpaired) electrons. The number of allylic oxidation sites excluding steroid dienone is 2. The molecule has 2 aromatic carbocycles. The molecule has 1 aliphatic rings. The van der Waals surface area contributed by atoms with Crippen LogP contribution in [0.5, 0.6) is 0 Å². The van der Waals surface area contributed by atoms with E-state index in [4.69, 9.17) is 0 Å². The second-order valence-electron chi connectivity index (χ2n) is 7.48. The maximum absolute atomic E-state index is 14.4. The summed E-state index contributed by atoms with van der Waals surface area (Å²) in [5, 5.41) is 1.65. The highest BCUT2D eigenvalue weighted by molar-refractivity contribution is 6.43. The summed E-state index contributed by atoms with van der Waals surface area (Å²) in [5.74, 6) is 0. The first-order valence-corrected chi connectivity index (χ1v) is 9.88. The zero-order valence-corrected chi connectivity index (χ0v) is 17.1. The van der Waals surface area contributed by atoms with E-state index < -0.39 is 7.40 Å². The number of rotatable bonds is 4. The van der Waals surface area contributed by atoms with Crippen molar-refractivity contribution in [1.29, 1.82) is 0 Å². The highest BCUT2D eigenvalue weighted by Crippen LogP contribution is 2.38. The van der Waals surface area contributed by atoms with E-state index in [1.807, 2.05) is 75.4 Å². The molecule has 0 fully saturated rings. The van der Waals surface area contributed by atoms with Crippen molar-refractivity contribution in [3.63, 3.8) is 0 Å². The van der Waals surface area contributed by atoms with Gasteiger partial charge in [-0.3, -0.25) is 13.6 Å². The van der Waals surface area contributed by atoms with Crippen molar-refractivity contribution in [3.05, 3.63) is 76.6 Å². The van der Waals surface area contributed by atoms with Crippen LogP contribution in [0.4, 0.5) is 8.63 Å². The molecule has 0 aliphatic carbocycles. The van der Waals surface area contributed by atoms with Gasteiger partial charge < -0.3 is 4.48 Å². The molecular formula is C24H23BF2N2. The summed E-state index contributed by atoms with van der Waals surface area (Å²) < 4.78 is 29.9. The Labute approximate surface area is 170 Å². The van der Waals surface area contributed by atoms with Crippen LogP contribution in [0.15, 0.2) is 70.4 Å². The Morgan fingerprint density at radius 1 is 1.00 bits per heavy atom. The molecule has 146 valence electrons. The summed E-state index contributed by atoms with van der Waals surface area (Å²) in [6.07, 6.45) is 2.70. The van der Waals surface area contributed by atoms with Crippen LogP contribution >= 0.6 is 0 Å². The second-order valence-corrected chi connectivity index (χ2v) is 7.48. The van der Waals surface area contributed by atoms with Crippen LogP contribution in [0.25, 0.3) is 28.1 Å². The van der Waals surface area contributed by atoms with Crippen molar-refractivity contribution in [2.75, 3.05) is 0 Å². The highest BCUT2D eigenvalue weighted by Gasteiger charge is 2.28. The molecule has 0 N–H and O–H groups in total. The fraction of sp³-hybridized carbons (Fsp3) is 0.208. The summed E-state index contributed by atoms with van der Waals surface area (Å²) in [5.41, 5.74) is 6.84. The van der Waals surface area contributed by atoms with E-state index in [2.05, 4.69) is 11.9 Å². The first-order chi connectivity index (χ1) is 13.9. The fourth-order valence-corrected chi connectivity index (χ4v) is 4.25. The zero-order chi connectivity index (χ0) is 20.7. The van der Waals surface area contributed by atoms with Crippen LogP contribution in [-0.4, -0.2) is 17.6 Å². The van der Waals surface area contributed by atoms with Crippen molar-refractivity contribution in [2.24, 2.45) is 4.99 Å². The Kier molecular flexibility index (Phi) is 4.99. The van der Waals surface area contributed by atoms with Gasteiger partial charge in [0.25, 0.3) is 0 Å². The first-order valence-electron chi connectivity index (χ1n) is 9.88. The molecular weight excluding hydrogens is 365 g/mol. The number of aromatic nitrogens is 1. The maximum atomic E-state index is 14.4. The molecule has 0 atom stereocenters. The van der Waals surface area contributed by atoms with E-state index in [0.717, 1.165) is 49.8 Å². The van der Waals surface area contributed by atoms with E-state index in [1.54, 1.807) is 0 Å². The van der Waals surface area contributed by atoms with Gasteiger partial charge in [-0.1, -0.05) is 55.0 Å². The molecule has 4 rings (SSSR count). The first kappa shape index (κ1) is 19.4. The topological polar surface area (TPSA) is 17.3 Å². The van der Waals surface area contributed by atoms with Gasteiger partial charge in [-0.05, 0) is 56.0 Å². The molecule has 0 spiro atoms. The Balaban J connectivity index is 2.07. The molecule has 0 saturated heterocycles. The van der Waals surface area contributed by atoms with Gasteiger partial charge in [-0.2, -0.15) is 0 Å². The van der Waals surface area contributed by atoms with Gasteiger partial charge >= 0.3 is 7.40 Å². The molecule has 0 saturated carbocycles. The van der Waals surface area contributed by atoms with Gasteiger partial charge in [0.15, 0.2) is 0 Å². The SMILES string of the molecule is CCC1=C(C)/C(=C/c2c3cc(C)ccc3c(-c3ccccc3)n2B(F)F)N=C1C. The smallest absolute Gasteiger partial charge is 0.324 e. The van der Waals surface area contributed by atoms with Crippen molar-refractivity contribution < 1.29 is 8.63 Å². The molecule has 0 amide bonds. The number of aryl methyl sites for hydroxylation is 1. The van der Waals surface area contributed by atoms with Crippen LogP contribution < -0.4 is 0 Å². The van der Waals surface area contributed by atoms with Crippen LogP contribution in [0.3, 0.4) is 0 Å². The zero-order valence-electron chi connectivity index (χ0n) is 17.1. The largest absolute Gasteiger partial charge is 0.678 e. The van der Waals surface area contributed by atoms with E-state index in [9.17, 15) is 8.63 Å². The normalized spacial score (nSPS) is 15.5. The number of aliphatic imine (C=N–C) groups is 1. The van der Waals surface area contributed by atoms with E-state index in [1.165, 1.54) is 5.57 Å². The maximum Gasteiger partial charge on any atom is 0.678 e. The lowest BCUT2D eigenvalue weighted by Crippen LogP contribution is -2.16. The molecule has 2 heterocycles. The number of fused-ring (bicyclic) bond motifs is 1. The Morgan fingerprint density at radius 2 is 1.72 bits per heavy atom. The summed E-state index contributed by atoms with van der Waals surface area (Å²) in [6.45, 7) is 8.07. The minimum absolute atomic E-state index is 0.501. The molecule has 29 heavy (non-hydrogen) atoms. The molecule has 1 aliphatic heterocycles. The minimum Gasteiger partial charge on any atom is -0.324 e. The number of hydrogen-bond donors (Lipinski definition) is 0. The number of hydrogen-bond acceptors (Lipinski definition) is 1. The van der Waals surface area contributed by atoms with Gasteiger partial charge in [0, 0.05) is 27.9 Å². The third-order valence-electron chi connectivity index (χ3n) is 5.64. The van der Waals surface area contributed by atoms with E-state index in [0.29, 0.717) is 11.4 Å². The summed E-state index contributed by atoms with van der Waals surface area (Å²) >= 11 is 0. The highest BCUT2D eigenvalue weighted by atomic mass is 19.2. The van der Waals surface area contributed by atoms with Crippen molar-refractivity contribution in [1.82, 2.24) is 4.48 Å². The van der Waals surface area contributed by atoms with E-state index >= 15 is 0 Å². The van der Waals surface area contributed by atoms with Gasteiger partial charge in [0.2, 0.25) is 0 Å². The Hall–Kier alpha value is -2.95. The Morgan fingerprint density at radius 3 is 2.34 bits per heavy atom. The molecule has 3 aromatic rings. The second kappa shape index (κ2) is 7.47. The standard InChI is InChI=1S/C24H23BF2N2/c1-5-19-16(3)22(28-17(19)4)14-23-21-13-15(2)11-12-20(21)24(29(23)25(26)27)18-9-7-6-8-10-18/h6-14H,5H2,1-4H3/b22-14-. The third kappa shape index (κ3) is 3.25. The van der Waals surface area contributed by atoms with E-state index in [-0.39, 0.29) is 0 Å². The van der Waals surface area contributed by atoms with Crippen molar-refractivity contribution in [2.45, 2.75) is 34.1 Å². The minimum atomic E-state index is -2.66. The quantitative estimate of drug-likeness (QED) is 0.431. The van der Waals surface area contributed by atoms with Crippen molar-refractivity contribution >= 4 is 30.0 Å². The molecule has 2 nitrogen and oxygen atoms in total. The van der Waals surface area contributed by atoms with Crippen LogP contribution in [0.1, 0.15) is 38.4 Å². The van der Waals surface area contributed by atoms with Gasteiger partial charge in [0.05, 0.1) is 5.70 Å². The lowest BCUT2D eigenvalue weighted by molar-refractivity contribution is 0.631. The number of nitrogens with zero attached hydrogens (tertiary/aromatic N) is 2. The van der Waals surface area contributed by atoms with Crippen LogP contribution in [0.2, 0.25) is 0 Å². The number of benzene rings is 2. The summed E-state index contributed by atoms with van der Waals surface area (Å²) in [4.78, 5) is 4.67. The molecule has 0 unspecified atom stereocenters. The average Bonchev–Trinajstić information content (AvgIpc) is 3.16. The van der Waals surface area contributed by atoms with Crippen molar-refractivity contribution in [3.8, 4) is 11.3 Å². The summed E-state index contributed by atoms with van der Waals surface area (Å²) in [7, 11) is -2.66. The van der Waals surface area contributed by atoms with Crippen LogP contribution in [-0.2, 0) is 0 Å². The lowest BCUT2D eigenvalue weighted by atomic mass is 10.0. The fourth-order valence-electron chi connectivity index (χ4n) is 4.25. The third-order valence-corrected chi connectivity index (χ3v) is 5.64. The molecule has 5 heteroatoms. The lowest BCUT2D eigenvalue weighted by Gasteiger charge is -2.09. The van der Waals surface area contributed by atoms with Gasteiger partial charge in [-0.25, -0.2) is 0 Å². The molecule has 1 aromatic heterocycles. The predicted molar refractivity (Wildman–Crippen MR) is 120 cm³/mol. The van der Waals surface area contributed by atoms with Crippen LogP contribution in [0, 0.1) is 6.92 Å². The number of halogens is 2. The Bertz CT molecular complexity index is 1180. The van der Waals surface area contributed by atoms with Gasteiger partial charge in [-0.15, -0.1) is 0 Å². The molecule has 0 bridgehead atoms. The monoisotopic (exact) mass is 388 g/mol. The summed E-state index contributed by atoms with van der Waals surface area (Å²) in [6, 6.07) is 15.3.